The van der Waals surface area contributed by atoms with Gasteiger partial charge in [-0.05, 0) is 12.0 Å². The Labute approximate surface area is 99.0 Å². The van der Waals surface area contributed by atoms with Crippen LogP contribution < -0.4 is 0 Å². The van der Waals surface area contributed by atoms with Crippen LogP contribution in [0, 0.1) is 0 Å². The molecule has 1 heterocycles. The number of pyridine rings is 1. The zero-order valence-corrected chi connectivity index (χ0v) is 9.94. The van der Waals surface area contributed by atoms with Crippen molar-refractivity contribution in [1.29, 1.82) is 0 Å². The molecule has 0 aliphatic rings. The van der Waals surface area contributed by atoms with E-state index in [1.165, 1.54) is 5.56 Å². The molecule has 0 aliphatic carbocycles. The molecule has 0 unspecified atom stereocenters. The highest BCUT2D eigenvalue weighted by Crippen LogP contribution is 2.30. The van der Waals surface area contributed by atoms with Crippen LogP contribution in [0.15, 0.2) is 24.4 Å². The molecule has 2 aromatic rings. The minimum Gasteiger partial charge on any atom is -0.254 e. The van der Waals surface area contributed by atoms with Gasteiger partial charge >= 0.3 is 0 Å². The second-order valence-corrected chi connectivity index (χ2v) is 4.27. The molecular weight excluding hydrogens is 229 g/mol. The van der Waals surface area contributed by atoms with Gasteiger partial charge in [0.2, 0.25) is 0 Å². The molecule has 3 heteroatoms. The van der Waals surface area contributed by atoms with Crippen molar-refractivity contribution in [3.8, 4) is 0 Å². The molecule has 0 spiro atoms. The molecule has 0 bridgehead atoms. The number of rotatable bonds is 2. The summed E-state index contributed by atoms with van der Waals surface area (Å²) in [5.74, 6) is 0. The molecular formula is C12H11Cl2N. The zero-order valence-electron chi connectivity index (χ0n) is 8.43. The topological polar surface area (TPSA) is 12.9 Å². The summed E-state index contributed by atoms with van der Waals surface area (Å²) < 4.78 is 0. The summed E-state index contributed by atoms with van der Waals surface area (Å²) in [5.41, 5.74) is 2.20. The highest BCUT2D eigenvalue weighted by molar-refractivity contribution is 6.45. The lowest BCUT2D eigenvalue weighted by Crippen LogP contribution is -1.89. The van der Waals surface area contributed by atoms with Gasteiger partial charge < -0.3 is 0 Å². The first-order chi connectivity index (χ1) is 7.24. The molecule has 1 nitrogen and oxygen atoms in total. The standard InChI is InChI=1S/C12H11Cl2N/c1-2-4-8-5-3-6-9-11(14)10(13)7-15-12(8)9/h3,5-7H,2,4H2,1H3. The van der Waals surface area contributed by atoms with E-state index in [0.717, 1.165) is 23.7 Å². The predicted molar refractivity (Wildman–Crippen MR) is 65.8 cm³/mol. The highest BCUT2D eigenvalue weighted by atomic mass is 35.5. The number of para-hydroxylation sites is 1. The Bertz CT molecular complexity index is 494. The van der Waals surface area contributed by atoms with E-state index < -0.39 is 0 Å². The van der Waals surface area contributed by atoms with Gasteiger partial charge in [-0.2, -0.15) is 0 Å². The van der Waals surface area contributed by atoms with Crippen molar-refractivity contribution < 1.29 is 0 Å². The molecule has 0 atom stereocenters. The normalized spacial score (nSPS) is 10.9. The minimum atomic E-state index is 0.512. The van der Waals surface area contributed by atoms with Crippen LogP contribution in [0.4, 0.5) is 0 Å². The fourth-order valence-electron chi connectivity index (χ4n) is 1.70. The molecule has 0 saturated carbocycles. The van der Waals surface area contributed by atoms with Gasteiger partial charge in [-0.15, -0.1) is 0 Å². The van der Waals surface area contributed by atoms with E-state index in [1.54, 1.807) is 6.20 Å². The number of benzene rings is 1. The summed E-state index contributed by atoms with van der Waals surface area (Å²) in [6.45, 7) is 2.15. The number of nitrogens with zero attached hydrogens (tertiary/aromatic N) is 1. The number of halogens is 2. The van der Waals surface area contributed by atoms with Gasteiger partial charge in [-0.3, -0.25) is 4.98 Å². The van der Waals surface area contributed by atoms with Crippen molar-refractivity contribution in [3.63, 3.8) is 0 Å². The number of hydrogen-bond donors (Lipinski definition) is 0. The van der Waals surface area contributed by atoms with E-state index in [4.69, 9.17) is 23.2 Å². The van der Waals surface area contributed by atoms with Crippen LogP contribution in [0.3, 0.4) is 0 Å². The number of aryl methyl sites for hydroxylation is 1. The van der Waals surface area contributed by atoms with Gasteiger partial charge in [0.1, 0.15) is 0 Å². The van der Waals surface area contributed by atoms with E-state index >= 15 is 0 Å². The molecule has 0 fully saturated rings. The second kappa shape index (κ2) is 4.38. The number of fused-ring (bicyclic) bond motifs is 1. The fraction of sp³-hybridized carbons (Fsp3) is 0.250. The summed E-state index contributed by atoms with van der Waals surface area (Å²) >= 11 is 12.0. The Balaban J connectivity index is 2.72. The average Bonchev–Trinajstić information content (AvgIpc) is 2.25. The highest BCUT2D eigenvalue weighted by Gasteiger charge is 2.07. The molecule has 0 amide bonds. The van der Waals surface area contributed by atoms with Crippen molar-refractivity contribution in [2.75, 3.05) is 0 Å². The quantitative estimate of drug-likeness (QED) is 0.753. The van der Waals surface area contributed by atoms with Gasteiger partial charge in [-0.1, -0.05) is 54.7 Å². The lowest BCUT2D eigenvalue weighted by Gasteiger charge is -2.06. The lowest BCUT2D eigenvalue weighted by molar-refractivity contribution is 0.926. The van der Waals surface area contributed by atoms with Crippen molar-refractivity contribution in [2.24, 2.45) is 0 Å². The van der Waals surface area contributed by atoms with E-state index in [2.05, 4.69) is 18.0 Å². The third-order valence-electron chi connectivity index (χ3n) is 2.39. The van der Waals surface area contributed by atoms with Gasteiger partial charge in [0.05, 0.1) is 15.6 Å². The average molecular weight is 240 g/mol. The van der Waals surface area contributed by atoms with E-state index in [-0.39, 0.29) is 0 Å². The zero-order chi connectivity index (χ0) is 10.8. The summed E-state index contributed by atoms with van der Waals surface area (Å²) in [6, 6.07) is 6.04. The minimum absolute atomic E-state index is 0.512. The van der Waals surface area contributed by atoms with Crippen LogP contribution in [-0.4, -0.2) is 4.98 Å². The summed E-state index contributed by atoms with van der Waals surface area (Å²) in [7, 11) is 0. The third kappa shape index (κ3) is 1.95. The third-order valence-corrected chi connectivity index (χ3v) is 3.18. The molecule has 15 heavy (non-hydrogen) atoms. The van der Waals surface area contributed by atoms with Crippen LogP contribution in [-0.2, 0) is 6.42 Å². The van der Waals surface area contributed by atoms with E-state index in [9.17, 15) is 0 Å². The van der Waals surface area contributed by atoms with Crippen LogP contribution >= 0.6 is 23.2 Å². The largest absolute Gasteiger partial charge is 0.254 e. The Morgan fingerprint density at radius 3 is 2.80 bits per heavy atom. The maximum Gasteiger partial charge on any atom is 0.0782 e. The fourth-order valence-corrected chi connectivity index (χ4v) is 2.05. The van der Waals surface area contributed by atoms with Crippen LogP contribution in [0.25, 0.3) is 10.9 Å². The molecule has 1 aromatic heterocycles. The van der Waals surface area contributed by atoms with Crippen LogP contribution in [0.2, 0.25) is 10.0 Å². The summed E-state index contributed by atoms with van der Waals surface area (Å²) in [5, 5.41) is 2.05. The predicted octanol–water partition coefficient (Wildman–Crippen LogP) is 4.49. The van der Waals surface area contributed by atoms with E-state index in [0.29, 0.717) is 10.0 Å². The Morgan fingerprint density at radius 2 is 2.07 bits per heavy atom. The first-order valence-corrected chi connectivity index (χ1v) is 5.71. The molecule has 0 aliphatic heterocycles. The van der Waals surface area contributed by atoms with Gasteiger partial charge in [0.15, 0.2) is 0 Å². The Morgan fingerprint density at radius 1 is 1.27 bits per heavy atom. The molecule has 0 saturated heterocycles. The molecule has 1 aromatic carbocycles. The van der Waals surface area contributed by atoms with Crippen molar-refractivity contribution >= 4 is 34.1 Å². The van der Waals surface area contributed by atoms with Crippen molar-refractivity contribution in [1.82, 2.24) is 4.98 Å². The lowest BCUT2D eigenvalue weighted by atomic mass is 10.1. The molecule has 0 radical (unpaired) electrons. The van der Waals surface area contributed by atoms with Crippen molar-refractivity contribution in [2.45, 2.75) is 19.8 Å². The Kier molecular flexibility index (Phi) is 3.13. The van der Waals surface area contributed by atoms with Crippen molar-refractivity contribution in [3.05, 3.63) is 40.0 Å². The van der Waals surface area contributed by atoms with Gasteiger partial charge in [0.25, 0.3) is 0 Å². The number of aromatic nitrogens is 1. The summed E-state index contributed by atoms with van der Waals surface area (Å²) in [6.07, 6.45) is 3.73. The summed E-state index contributed by atoms with van der Waals surface area (Å²) in [4.78, 5) is 4.34. The SMILES string of the molecule is CCCc1cccc2c(Cl)c(Cl)cnc12. The maximum absolute atomic E-state index is 6.13. The van der Waals surface area contributed by atoms with Gasteiger partial charge in [-0.25, -0.2) is 0 Å². The number of hydrogen-bond acceptors (Lipinski definition) is 1. The first kappa shape index (κ1) is 10.7. The molecule has 2 rings (SSSR count). The Hall–Kier alpha value is -0.790. The molecule has 78 valence electrons. The molecule has 0 N–H and O–H groups in total. The smallest absolute Gasteiger partial charge is 0.0782 e. The van der Waals surface area contributed by atoms with E-state index in [1.807, 2.05) is 12.1 Å². The maximum atomic E-state index is 6.13. The monoisotopic (exact) mass is 239 g/mol. The van der Waals surface area contributed by atoms with Gasteiger partial charge in [0, 0.05) is 11.6 Å². The van der Waals surface area contributed by atoms with Crippen LogP contribution in [0.5, 0.6) is 0 Å². The van der Waals surface area contributed by atoms with Crippen LogP contribution in [0.1, 0.15) is 18.9 Å². The second-order valence-electron chi connectivity index (χ2n) is 3.48. The first-order valence-electron chi connectivity index (χ1n) is 4.95.